The molecule has 1 amide bonds. The Bertz CT molecular complexity index is 1060. The zero-order valence-corrected chi connectivity index (χ0v) is 15.6. The number of para-hydroxylation sites is 1. The van der Waals surface area contributed by atoms with Crippen molar-refractivity contribution in [1.82, 2.24) is 15.1 Å². The Morgan fingerprint density at radius 3 is 2.07 bits per heavy atom. The summed E-state index contributed by atoms with van der Waals surface area (Å²) in [6.45, 7) is 1.98. The standard InChI is InChI=1S/C24H21N3O/c1-18(19-11-5-2-6-12-19)26-24(28)22-17-25-27(21-15-9-4-10-16-21)23(22)20-13-7-3-8-14-20/h2-18H,1H3,(H,26,28)/t18-/m1/s1. The maximum Gasteiger partial charge on any atom is 0.255 e. The number of amides is 1. The molecule has 0 fully saturated rings. The quantitative estimate of drug-likeness (QED) is 0.538. The number of hydrogen-bond donors (Lipinski definition) is 1. The number of aromatic nitrogens is 2. The van der Waals surface area contributed by atoms with Crippen LogP contribution in [0.4, 0.5) is 0 Å². The first-order valence-corrected chi connectivity index (χ1v) is 9.28. The van der Waals surface area contributed by atoms with E-state index in [0.717, 1.165) is 22.5 Å². The highest BCUT2D eigenvalue weighted by atomic mass is 16.1. The van der Waals surface area contributed by atoms with E-state index < -0.39 is 0 Å². The van der Waals surface area contributed by atoms with Crippen molar-refractivity contribution in [3.8, 4) is 16.9 Å². The zero-order valence-electron chi connectivity index (χ0n) is 15.6. The van der Waals surface area contributed by atoms with Gasteiger partial charge in [0, 0.05) is 5.56 Å². The molecule has 0 radical (unpaired) electrons. The Morgan fingerprint density at radius 2 is 1.43 bits per heavy atom. The lowest BCUT2D eigenvalue weighted by atomic mass is 10.1. The fourth-order valence-corrected chi connectivity index (χ4v) is 3.25. The molecule has 138 valence electrons. The Labute approximate surface area is 164 Å². The molecule has 3 aromatic carbocycles. The van der Waals surface area contributed by atoms with Crippen molar-refractivity contribution < 1.29 is 4.79 Å². The van der Waals surface area contributed by atoms with Gasteiger partial charge in [0.1, 0.15) is 0 Å². The molecule has 4 rings (SSSR count). The molecule has 0 saturated heterocycles. The van der Waals surface area contributed by atoms with Crippen molar-refractivity contribution in [1.29, 1.82) is 0 Å². The first-order valence-electron chi connectivity index (χ1n) is 9.28. The highest BCUT2D eigenvalue weighted by molar-refractivity contribution is 6.00. The van der Waals surface area contributed by atoms with Gasteiger partial charge >= 0.3 is 0 Å². The van der Waals surface area contributed by atoms with E-state index in [2.05, 4.69) is 10.4 Å². The summed E-state index contributed by atoms with van der Waals surface area (Å²) in [5.41, 5.74) is 4.26. The molecule has 0 aliphatic heterocycles. The highest BCUT2D eigenvalue weighted by Gasteiger charge is 2.21. The fraction of sp³-hybridized carbons (Fsp3) is 0.0833. The lowest BCUT2D eigenvalue weighted by Crippen LogP contribution is -2.26. The van der Waals surface area contributed by atoms with Crippen molar-refractivity contribution in [2.24, 2.45) is 0 Å². The number of nitrogens with zero attached hydrogens (tertiary/aromatic N) is 2. The molecule has 0 aliphatic rings. The second-order valence-corrected chi connectivity index (χ2v) is 6.63. The number of benzene rings is 3. The zero-order chi connectivity index (χ0) is 19.3. The van der Waals surface area contributed by atoms with Crippen molar-refractivity contribution in [2.75, 3.05) is 0 Å². The third kappa shape index (κ3) is 3.58. The molecule has 0 unspecified atom stereocenters. The molecule has 1 N–H and O–H groups in total. The lowest BCUT2D eigenvalue weighted by Gasteiger charge is -2.15. The van der Waals surface area contributed by atoms with Crippen LogP contribution in [-0.4, -0.2) is 15.7 Å². The van der Waals surface area contributed by atoms with E-state index in [1.807, 2.05) is 103 Å². The van der Waals surface area contributed by atoms with Crippen LogP contribution in [0.1, 0.15) is 28.9 Å². The van der Waals surface area contributed by atoms with E-state index in [9.17, 15) is 4.79 Å². The maximum absolute atomic E-state index is 13.1. The van der Waals surface area contributed by atoms with E-state index in [1.54, 1.807) is 6.20 Å². The molecule has 0 saturated carbocycles. The largest absolute Gasteiger partial charge is 0.345 e. The van der Waals surface area contributed by atoms with Crippen LogP contribution >= 0.6 is 0 Å². The van der Waals surface area contributed by atoms with E-state index in [0.29, 0.717) is 5.56 Å². The summed E-state index contributed by atoms with van der Waals surface area (Å²) in [4.78, 5) is 13.1. The molecule has 1 heterocycles. The van der Waals surface area contributed by atoms with Crippen molar-refractivity contribution in [3.05, 3.63) is 108 Å². The molecular weight excluding hydrogens is 346 g/mol. The summed E-state index contributed by atoms with van der Waals surface area (Å²) in [5.74, 6) is -0.141. The van der Waals surface area contributed by atoms with Crippen LogP contribution in [0.5, 0.6) is 0 Å². The first-order chi connectivity index (χ1) is 13.7. The van der Waals surface area contributed by atoms with Gasteiger partial charge in [-0.1, -0.05) is 78.9 Å². The van der Waals surface area contributed by atoms with Crippen LogP contribution in [0.15, 0.2) is 97.2 Å². The third-order valence-corrected chi connectivity index (χ3v) is 4.71. The molecule has 0 spiro atoms. The summed E-state index contributed by atoms with van der Waals surface area (Å²) in [7, 11) is 0. The van der Waals surface area contributed by atoms with E-state index in [4.69, 9.17) is 0 Å². The van der Waals surface area contributed by atoms with Gasteiger partial charge in [-0.05, 0) is 24.6 Å². The van der Waals surface area contributed by atoms with Crippen LogP contribution in [-0.2, 0) is 0 Å². The Hall–Kier alpha value is -3.66. The molecule has 0 aliphatic carbocycles. The van der Waals surface area contributed by atoms with Gasteiger partial charge < -0.3 is 5.32 Å². The molecular formula is C24H21N3O. The monoisotopic (exact) mass is 367 g/mol. The lowest BCUT2D eigenvalue weighted by molar-refractivity contribution is 0.0940. The van der Waals surface area contributed by atoms with Gasteiger partial charge in [-0.2, -0.15) is 5.10 Å². The molecule has 1 atom stereocenters. The van der Waals surface area contributed by atoms with Crippen molar-refractivity contribution in [3.63, 3.8) is 0 Å². The Balaban J connectivity index is 1.73. The number of hydrogen-bond acceptors (Lipinski definition) is 2. The van der Waals surface area contributed by atoms with Gasteiger partial charge in [0.05, 0.1) is 29.2 Å². The van der Waals surface area contributed by atoms with Crippen LogP contribution in [0.25, 0.3) is 16.9 Å². The molecule has 0 bridgehead atoms. The van der Waals surface area contributed by atoms with E-state index in [1.165, 1.54) is 0 Å². The van der Waals surface area contributed by atoms with Gasteiger partial charge in [0.2, 0.25) is 0 Å². The van der Waals surface area contributed by atoms with Gasteiger partial charge in [-0.3, -0.25) is 4.79 Å². The summed E-state index contributed by atoms with van der Waals surface area (Å²) >= 11 is 0. The number of nitrogens with one attached hydrogen (secondary N) is 1. The minimum atomic E-state index is -0.141. The third-order valence-electron chi connectivity index (χ3n) is 4.71. The topological polar surface area (TPSA) is 46.9 Å². The van der Waals surface area contributed by atoms with Gasteiger partial charge in [-0.15, -0.1) is 0 Å². The van der Waals surface area contributed by atoms with Gasteiger partial charge in [-0.25, -0.2) is 4.68 Å². The Morgan fingerprint density at radius 1 is 0.857 bits per heavy atom. The molecule has 4 heteroatoms. The van der Waals surface area contributed by atoms with E-state index in [-0.39, 0.29) is 11.9 Å². The predicted molar refractivity (Wildman–Crippen MR) is 111 cm³/mol. The second kappa shape index (κ2) is 7.92. The summed E-state index contributed by atoms with van der Waals surface area (Å²) in [6.07, 6.45) is 1.64. The van der Waals surface area contributed by atoms with Crippen LogP contribution in [0.3, 0.4) is 0 Å². The van der Waals surface area contributed by atoms with Crippen LogP contribution in [0.2, 0.25) is 0 Å². The maximum atomic E-state index is 13.1. The van der Waals surface area contributed by atoms with Crippen LogP contribution < -0.4 is 5.32 Å². The SMILES string of the molecule is C[C@@H](NC(=O)c1cnn(-c2ccccc2)c1-c1ccccc1)c1ccccc1. The molecule has 1 aromatic heterocycles. The average Bonchev–Trinajstić information content (AvgIpc) is 3.21. The molecule has 4 aromatic rings. The first kappa shape index (κ1) is 17.7. The van der Waals surface area contributed by atoms with Crippen LogP contribution in [0, 0.1) is 0 Å². The van der Waals surface area contributed by atoms with Gasteiger partial charge in [0.15, 0.2) is 0 Å². The number of carbonyl (C=O) groups excluding carboxylic acids is 1. The summed E-state index contributed by atoms with van der Waals surface area (Å²) in [5, 5.41) is 7.61. The molecule has 28 heavy (non-hydrogen) atoms. The molecule has 4 nitrogen and oxygen atoms in total. The Kier molecular flexibility index (Phi) is 5.02. The minimum absolute atomic E-state index is 0.0996. The average molecular weight is 367 g/mol. The number of carbonyl (C=O) groups is 1. The fourth-order valence-electron chi connectivity index (χ4n) is 3.25. The summed E-state index contributed by atoms with van der Waals surface area (Å²) < 4.78 is 1.82. The second-order valence-electron chi connectivity index (χ2n) is 6.63. The highest BCUT2D eigenvalue weighted by Crippen LogP contribution is 2.27. The normalized spacial score (nSPS) is 11.8. The van der Waals surface area contributed by atoms with E-state index >= 15 is 0 Å². The van der Waals surface area contributed by atoms with Gasteiger partial charge in [0.25, 0.3) is 5.91 Å². The minimum Gasteiger partial charge on any atom is -0.345 e. The summed E-state index contributed by atoms with van der Waals surface area (Å²) in [6, 6.07) is 29.6. The van der Waals surface area contributed by atoms with Crippen molar-refractivity contribution in [2.45, 2.75) is 13.0 Å². The predicted octanol–water partition coefficient (Wildman–Crippen LogP) is 5.03. The smallest absolute Gasteiger partial charge is 0.255 e. The number of rotatable bonds is 5. The van der Waals surface area contributed by atoms with Crippen molar-refractivity contribution >= 4 is 5.91 Å².